The van der Waals surface area contributed by atoms with Crippen LogP contribution in [0.5, 0.6) is 5.75 Å². The fraction of sp³-hybridized carbons (Fsp3) is 0.632. The molecule has 2 aliphatic rings. The molecule has 1 N–H and O–H groups in total. The van der Waals surface area contributed by atoms with Crippen LogP contribution >= 0.6 is 12.6 Å². The average Bonchev–Trinajstić information content (AvgIpc) is 2.56. The van der Waals surface area contributed by atoms with E-state index < -0.39 is 0 Å². The monoisotopic (exact) mass is 333 g/mol. The van der Waals surface area contributed by atoms with E-state index in [4.69, 9.17) is 4.74 Å². The first-order chi connectivity index (χ1) is 11.2. The number of rotatable bonds is 6. The zero-order valence-corrected chi connectivity index (χ0v) is 14.6. The summed E-state index contributed by atoms with van der Waals surface area (Å²) in [6, 6.07) is 5.90. The van der Waals surface area contributed by atoms with Crippen LogP contribution in [0.4, 0.5) is 5.69 Å². The van der Waals surface area contributed by atoms with E-state index in [-0.39, 0.29) is 11.3 Å². The smallest absolute Gasteiger partial charge is 0.224 e. The summed E-state index contributed by atoms with van der Waals surface area (Å²) >= 11 is 4.59. The van der Waals surface area contributed by atoms with Crippen molar-refractivity contribution in [2.24, 2.45) is 5.92 Å². The van der Waals surface area contributed by atoms with Crippen LogP contribution in [0.15, 0.2) is 18.2 Å². The third-order valence-electron chi connectivity index (χ3n) is 5.03. The summed E-state index contributed by atoms with van der Waals surface area (Å²) in [6.07, 6.45) is 11.9. The molecule has 1 heterocycles. The van der Waals surface area contributed by atoms with E-state index in [2.05, 4.69) is 17.9 Å². The van der Waals surface area contributed by atoms with Crippen LogP contribution in [0.1, 0.15) is 63.4 Å². The molecule has 3 nitrogen and oxygen atoms in total. The normalized spacial score (nSPS) is 19.8. The first kappa shape index (κ1) is 16.7. The van der Waals surface area contributed by atoms with Gasteiger partial charge in [0.2, 0.25) is 5.91 Å². The van der Waals surface area contributed by atoms with Crippen molar-refractivity contribution in [1.82, 2.24) is 0 Å². The number of ether oxygens (including phenoxy) is 1. The zero-order valence-electron chi connectivity index (χ0n) is 13.7. The number of anilines is 1. The van der Waals surface area contributed by atoms with Crippen LogP contribution in [-0.4, -0.2) is 11.3 Å². The summed E-state index contributed by atoms with van der Waals surface area (Å²) < 4.78 is 5.95. The lowest BCUT2D eigenvalue weighted by Gasteiger charge is -2.22. The lowest BCUT2D eigenvalue weighted by molar-refractivity contribution is -0.116. The van der Waals surface area contributed by atoms with Crippen molar-refractivity contribution in [3.8, 4) is 5.75 Å². The minimum atomic E-state index is -0.0465. The van der Waals surface area contributed by atoms with Gasteiger partial charge in [-0.05, 0) is 48.9 Å². The van der Waals surface area contributed by atoms with Gasteiger partial charge in [-0.1, -0.05) is 38.5 Å². The number of aryl methyl sites for hydroxylation is 1. The second kappa shape index (κ2) is 8.09. The average molecular weight is 333 g/mol. The number of amides is 1. The van der Waals surface area contributed by atoms with E-state index in [0.717, 1.165) is 35.8 Å². The Kier molecular flexibility index (Phi) is 5.87. The lowest BCUT2D eigenvalue weighted by Crippen LogP contribution is -2.19. The van der Waals surface area contributed by atoms with Gasteiger partial charge in [-0.25, -0.2) is 0 Å². The lowest BCUT2D eigenvalue weighted by atomic mass is 9.86. The Labute approximate surface area is 144 Å². The molecule has 1 aliphatic heterocycles. The molecule has 1 saturated carbocycles. The third-order valence-corrected chi connectivity index (χ3v) is 5.40. The molecular weight excluding hydrogens is 306 g/mol. The van der Waals surface area contributed by atoms with Crippen molar-refractivity contribution in [1.29, 1.82) is 0 Å². The standard InChI is InChI=1S/C19H27NO2S/c21-18-12-9-15-13-16(10-11-17(15)20-18)22-19(23)8-4-7-14-5-2-1-3-6-14/h10-11,13-14,19,23H,1-9,12H2,(H,20,21). The Balaban J connectivity index is 1.44. The SMILES string of the molecule is O=C1CCc2cc(OC(S)CCCC3CCCCC3)ccc2N1. The maximum Gasteiger partial charge on any atom is 0.224 e. The third kappa shape index (κ3) is 4.90. The number of fused-ring (bicyclic) bond motifs is 1. The number of hydrogen-bond acceptors (Lipinski definition) is 3. The quantitative estimate of drug-likeness (QED) is 0.570. The highest BCUT2D eigenvalue weighted by atomic mass is 32.1. The van der Waals surface area contributed by atoms with Gasteiger partial charge >= 0.3 is 0 Å². The van der Waals surface area contributed by atoms with Gasteiger partial charge in [-0.2, -0.15) is 0 Å². The molecule has 23 heavy (non-hydrogen) atoms. The molecule has 0 radical (unpaired) electrons. The van der Waals surface area contributed by atoms with E-state index in [0.29, 0.717) is 6.42 Å². The topological polar surface area (TPSA) is 38.3 Å². The molecule has 1 amide bonds. The number of benzene rings is 1. The van der Waals surface area contributed by atoms with Gasteiger partial charge in [0.15, 0.2) is 0 Å². The summed E-state index contributed by atoms with van der Waals surface area (Å²) in [5.74, 6) is 1.88. The van der Waals surface area contributed by atoms with Crippen LogP contribution in [0.25, 0.3) is 0 Å². The van der Waals surface area contributed by atoms with Crippen molar-refractivity contribution < 1.29 is 9.53 Å². The molecule has 3 rings (SSSR count). The number of nitrogens with one attached hydrogen (secondary N) is 1. The molecule has 4 heteroatoms. The number of carbonyl (C=O) groups is 1. The summed E-state index contributed by atoms with van der Waals surface area (Å²) in [4.78, 5) is 11.4. The van der Waals surface area contributed by atoms with Gasteiger partial charge < -0.3 is 10.1 Å². The summed E-state index contributed by atoms with van der Waals surface area (Å²) in [6.45, 7) is 0. The molecule has 1 aromatic rings. The van der Waals surface area contributed by atoms with Crippen LogP contribution in [0, 0.1) is 5.92 Å². The Bertz CT molecular complexity index is 540. The van der Waals surface area contributed by atoms with Gasteiger partial charge in [0.1, 0.15) is 11.2 Å². The first-order valence-corrected chi connectivity index (χ1v) is 9.50. The number of carbonyl (C=O) groups excluding carboxylic acids is 1. The van der Waals surface area contributed by atoms with Gasteiger partial charge in [0.05, 0.1) is 0 Å². The highest BCUT2D eigenvalue weighted by Crippen LogP contribution is 2.30. The van der Waals surface area contributed by atoms with Gasteiger partial charge in [-0.3, -0.25) is 4.79 Å². The van der Waals surface area contributed by atoms with E-state index in [1.165, 1.54) is 44.9 Å². The van der Waals surface area contributed by atoms with Crippen molar-refractivity contribution in [2.45, 2.75) is 69.6 Å². The Hall–Kier alpha value is -1.16. The van der Waals surface area contributed by atoms with E-state index in [1.807, 2.05) is 18.2 Å². The molecule has 1 aliphatic carbocycles. The highest BCUT2D eigenvalue weighted by Gasteiger charge is 2.17. The highest BCUT2D eigenvalue weighted by molar-refractivity contribution is 7.80. The fourth-order valence-electron chi connectivity index (χ4n) is 3.71. The molecular formula is C19H27NO2S. The number of thiol groups is 1. The van der Waals surface area contributed by atoms with E-state index >= 15 is 0 Å². The van der Waals surface area contributed by atoms with Crippen LogP contribution < -0.4 is 10.1 Å². The van der Waals surface area contributed by atoms with Crippen molar-refractivity contribution >= 4 is 24.2 Å². The fourth-order valence-corrected chi connectivity index (χ4v) is 4.01. The van der Waals surface area contributed by atoms with E-state index in [9.17, 15) is 4.79 Å². The largest absolute Gasteiger partial charge is 0.480 e. The van der Waals surface area contributed by atoms with E-state index in [1.54, 1.807) is 0 Å². The Morgan fingerprint density at radius 1 is 1.22 bits per heavy atom. The molecule has 0 bridgehead atoms. The first-order valence-electron chi connectivity index (χ1n) is 8.98. The summed E-state index contributed by atoms with van der Waals surface area (Å²) in [7, 11) is 0. The Morgan fingerprint density at radius 3 is 2.87 bits per heavy atom. The summed E-state index contributed by atoms with van der Waals surface area (Å²) in [5.41, 5.74) is 2.03. The summed E-state index contributed by atoms with van der Waals surface area (Å²) in [5, 5.41) is 2.90. The van der Waals surface area contributed by atoms with Gasteiger partial charge in [-0.15, -0.1) is 12.6 Å². The molecule has 1 fully saturated rings. The number of hydrogen-bond donors (Lipinski definition) is 2. The van der Waals surface area contributed by atoms with Crippen LogP contribution in [0.2, 0.25) is 0 Å². The Morgan fingerprint density at radius 2 is 2.04 bits per heavy atom. The molecule has 0 aromatic heterocycles. The van der Waals surface area contributed by atoms with Crippen molar-refractivity contribution in [3.05, 3.63) is 23.8 Å². The molecule has 1 unspecified atom stereocenters. The van der Waals surface area contributed by atoms with Crippen molar-refractivity contribution in [3.63, 3.8) is 0 Å². The zero-order chi connectivity index (χ0) is 16.1. The maximum atomic E-state index is 11.4. The van der Waals surface area contributed by atoms with Gasteiger partial charge in [0.25, 0.3) is 0 Å². The second-order valence-corrected chi connectivity index (χ2v) is 7.45. The van der Waals surface area contributed by atoms with Crippen LogP contribution in [-0.2, 0) is 11.2 Å². The predicted molar refractivity (Wildman–Crippen MR) is 97.2 cm³/mol. The predicted octanol–water partition coefficient (Wildman–Crippen LogP) is 4.96. The molecule has 0 spiro atoms. The molecule has 1 atom stereocenters. The minimum Gasteiger partial charge on any atom is -0.480 e. The molecule has 126 valence electrons. The second-order valence-electron chi connectivity index (χ2n) is 6.87. The van der Waals surface area contributed by atoms with Gasteiger partial charge in [0, 0.05) is 12.1 Å². The minimum absolute atomic E-state index is 0.0465. The maximum absolute atomic E-state index is 11.4. The molecule has 1 aromatic carbocycles. The van der Waals surface area contributed by atoms with Crippen molar-refractivity contribution in [2.75, 3.05) is 5.32 Å². The molecule has 0 saturated heterocycles. The van der Waals surface area contributed by atoms with Crippen LogP contribution in [0.3, 0.4) is 0 Å².